The van der Waals surface area contributed by atoms with E-state index >= 15 is 0 Å². The first-order chi connectivity index (χ1) is 19.3. The number of anilines is 1. The van der Waals surface area contributed by atoms with Gasteiger partial charge in [0.25, 0.3) is 0 Å². The molecule has 3 heterocycles. The number of hydrogen-bond donors (Lipinski definition) is 1. The molecular formula is C30H30Cl2N4O3S. The van der Waals surface area contributed by atoms with Crippen molar-refractivity contribution in [1.29, 1.82) is 0 Å². The lowest BCUT2D eigenvalue weighted by molar-refractivity contribution is 0.146. The summed E-state index contributed by atoms with van der Waals surface area (Å²) in [6.07, 6.45) is 1.79. The Hall–Kier alpha value is -3.30. The minimum Gasteiger partial charge on any atom is -0.495 e. The molecule has 0 aliphatic carbocycles. The molecule has 2 aromatic carbocycles. The molecule has 40 heavy (non-hydrogen) atoms. The minimum atomic E-state index is -0.219. The van der Waals surface area contributed by atoms with Crippen LogP contribution in [0, 0.1) is 13.8 Å². The van der Waals surface area contributed by atoms with Crippen LogP contribution in [0.2, 0.25) is 10.0 Å². The first-order valence-corrected chi connectivity index (χ1v) is 13.9. The summed E-state index contributed by atoms with van der Waals surface area (Å²) in [6, 6.07) is 19.0. The van der Waals surface area contributed by atoms with Crippen LogP contribution in [0.4, 0.5) is 5.69 Å². The van der Waals surface area contributed by atoms with E-state index in [0.29, 0.717) is 34.1 Å². The van der Waals surface area contributed by atoms with E-state index in [4.69, 9.17) is 49.6 Å². The quantitative estimate of drug-likeness (QED) is 0.165. The summed E-state index contributed by atoms with van der Waals surface area (Å²) in [5, 5.41) is 5.22. The molecule has 2 aromatic heterocycles. The molecule has 0 spiro atoms. The van der Waals surface area contributed by atoms with Gasteiger partial charge in [-0.25, -0.2) is 0 Å². The summed E-state index contributed by atoms with van der Waals surface area (Å²) in [4.78, 5) is 6.78. The van der Waals surface area contributed by atoms with Crippen molar-refractivity contribution in [2.75, 3.05) is 32.3 Å². The predicted octanol–water partition coefficient (Wildman–Crippen LogP) is 7.01. The summed E-state index contributed by atoms with van der Waals surface area (Å²) in [5.74, 6) is 1.32. The third-order valence-electron chi connectivity index (χ3n) is 7.01. The van der Waals surface area contributed by atoms with Crippen molar-refractivity contribution in [3.8, 4) is 17.2 Å². The number of pyridine rings is 1. The molecule has 1 aliphatic heterocycles. The third-order valence-corrected chi connectivity index (χ3v) is 7.85. The van der Waals surface area contributed by atoms with E-state index < -0.39 is 0 Å². The molecule has 10 heteroatoms. The van der Waals surface area contributed by atoms with Gasteiger partial charge in [0.15, 0.2) is 5.11 Å². The SMILES string of the molecule is COCCOc1ccc(N2C(=S)NC(c3ccccn3)C2c2cc(C)n(-c3cc(Cl)ccc3OC)c2C)cc1Cl. The van der Waals surface area contributed by atoms with Crippen molar-refractivity contribution in [3.05, 3.63) is 99.6 Å². The van der Waals surface area contributed by atoms with E-state index in [1.807, 2.05) is 54.6 Å². The predicted molar refractivity (Wildman–Crippen MR) is 164 cm³/mol. The highest BCUT2D eigenvalue weighted by Crippen LogP contribution is 2.45. The Morgan fingerprint density at radius 3 is 2.48 bits per heavy atom. The zero-order valence-corrected chi connectivity index (χ0v) is 25.0. The average Bonchev–Trinajstić information content (AvgIpc) is 3.44. The number of halogens is 2. The van der Waals surface area contributed by atoms with Crippen LogP contribution in [0.3, 0.4) is 0 Å². The van der Waals surface area contributed by atoms with E-state index in [-0.39, 0.29) is 12.1 Å². The lowest BCUT2D eigenvalue weighted by atomic mass is 9.96. The van der Waals surface area contributed by atoms with Gasteiger partial charge >= 0.3 is 0 Å². The molecule has 2 unspecified atom stereocenters. The number of benzene rings is 2. The van der Waals surface area contributed by atoms with Crippen molar-refractivity contribution >= 4 is 46.2 Å². The van der Waals surface area contributed by atoms with Gasteiger partial charge < -0.3 is 29.0 Å². The Kier molecular flexibility index (Phi) is 8.51. The maximum atomic E-state index is 6.67. The lowest BCUT2D eigenvalue weighted by Crippen LogP contribution is -2.29. The highest BCUT2D eigenvalue weighted by molar-refractivity contribution is 7.80. The molecule has 0 bridgehead atoms. The molecule has 2 atom stereocenters. The molecule has 0 radical (unpaired) electrons. The van der Waals surface area contributed by atoms with Crippen molar-refractivity contribution in [1.82, 2.24) is 14.9 Å². The Labute approximate surface area is 249 Å². The topological polar surface area (TPSA) is 60.8 Å². The van der Waals surface area contributed by atoms with Gasteiger partial charge in [-0.1, -0.05) is 29.3 Å². The van der Waals surface area contributed by atoms with Crippen LogP contribution in [-0.2, 0) is 4.74 Å². The fourth-order valence-electron chi connectivity index (χ4n) is 5.24. The first kappa shape index (κ1) is 28.2. The van der Waals surface area contributed by atoms with Crippen molar-refractivity contribution in [2.45, 2.75) is 25.9 Å². The minimum absolute atomic E-state index is 0.208. The monoisotopic (exact) mass is 596 g/mol. The number of nitrogens with zero attached hydrogens (tertiary/aromatic N) is 3. The second kappa shape index (κ2) is 12.1. The lowest BCUT2D eigenvalue weighted by Gasteiger charge is -2.28. The molecule has 1 saturated heterocycles. The number of methoxy groups -OCH3 is 2. The standard InChI is InChI=1S/C30H30Cl2N4O3S/c1-18-15-22(19(2)35(18)25-16-20(31)8-10-27(25)38-4)29-28(24-7-5-6-12-33-24)34-30(40)36(29)21-9-11-26(23(32)17-21)39-14-13-37-3/h5-12,15-17,28-29H,13-14H2,1-4H3,(H,34,40). The van der Waals surface area contributed by atoms with Crippen LogP contribution in [0.1, 0.15) is 34.7 Å². The molecule has 0 amide bonds. The van der Waals surface area contributed by atoms with Gasteiger partial charge in [-0.05, 0) is 86.2 Å². The van der Waals surface area contributed by atoms with Crippen molar-refractivity contribution in [2.24, 2.45) is 0 Å². The molecule has 1 fully saturated rings. The van der Waals surface area contributed by atoms with E-state index in [2.05, 4.69) is 39.7 Å². The fourth-order valence-corrected chi connectivity index (χ4v) is 5.98. The Balaban J connectivity index is 1.63. The van der Waals surface area contributed by atoms with Gasteiger partial charge in [0.05, 0.1) is 42.2 Å². The van der Waals surface area contributed by atoms with Gasteiger partial charge in [-0.15, -0.1) is 0 Å². The largest absolute Gasteiger partial charge is 0.495 e. The van der Waals surface area contributed by atoms with Crippen LogP contribution >= 0.6 is 35.4 Å². The Bertz CT molecular complexity index is 1530. The zero-order chi connectivity index (χ0) is 28.4. The van der Waals surface area contributed by atoms with Crippen LogP contribution in [0.5, 0.6) is 11.5 Å². The van der Waals surface area contributed by atoms with Crippen LogP contribution in [-0.4, -0.2) is 42.1 Å². The summed E-state index contributed by atoms with van der Waals surface area (Å²) in [6.45, 7) is 5.04. The van der Waals surface area contributed by atoms with Gasteiger partial charge in [-0.3, -0.25) is 4.98 Å². The Morgan fingerprint density at radius 2 is 1.77 bits per heavy atom. The van der Waals surface area contributed by atoms with E-state index in [0.717, 1.165) is 39.8 Å². The van der Waals surface area contributed by atoms with Gasteiger partial charge in [0.1, 0.15) is 18.1 Å². The zero-order valence-electron chi connectivity index (χ0n) is 22.7. The smallest absolute Gasteiger partial charge is 0.174 e. The maximum absolute atomic E-state index is 6.67. The second-order valence-corrected chi connectivity index (χ2v) is 10.7. The fraction of sp³-hybridized carbons (Fsp3) is 0.267. The van der Waals surface area contributed by atoms with Crippen LogP contribution in [0.25, 0.3) is 5.69 Å². The van der Waals surface area contributed by atoms with E-state index in [9.17, 15) is 0 Å². The summed E-state index contributed by atoms with van der Waals surface area (Å²) in [5.41, 5.74) is 5.74. The summed E-state index contributed by atoms with van der Waals surface area (Å²) >= 11 is 19.0. The second-order valence-electron chi connectivity index (χ2n) is 9.43. The van der Waals surface area contributed by atoms with Crippen molar-refractivity contribution < 1.29 is 14.2 Å². The number of hydrogen-bond acceptors (Lipinski definition) is 5. The molecule has 1 aliphatic rings. The normalized spacial score (nSPS) is 16.8. The molecule has 5 rings (SSSR count). The Morgan fingerprint density at radius 1 is 0.975 bits per heavy atom. The highest BCUT2D eigenvalue weighted by atomic mass is 35.5. The molecule has 7 nitrogen and oxygen atoms in total. The molecule has 4 aromatic rings. The number of nitrogens with one attached hydrogen (secondary N) is 1. The average molecular weight is 598 g/mol. The van der Waals surface area contributed by atoms with Gasteiger partial charge in [0.2, 0.25) is 0 Å². The number of thiocarbonyl (C=S) groups is 1. The maximum Gasteiger partial charge on any atom is 0.174 e. The van der Waals surface area contributed by atoms with Gasteiger partial charge in [-0.2, -0.15) is 0 Å². The molecule has 0 saturated carbocycles. The summed E-state index contributed by atoms with van der Waals surface area (Å²) < 4.78 is 18.7. The van der Waals surface area contributed by atoms with Gasteiger partial charge in [0, 0.05) is 35.4 Å². The number of aromatic nitrogens is 2. The summed E-state index contributed by atoms with van der Waals surface area (Å²) in [7, 11) is 3.29. The molecule has 208 valence electrons. The van der Waals surface area contributed by atoms with Crippen molar-refractivity contribution in [3.63, 3.8) is 0 Å². The third kappa shape index (κ3) is 5.37. The first-order valence-electron chi connectivity index (χ1n) is 12.8. The highest BCUT2D eigenvalue weighted by Gasteiger charge is 2.42. The number of ether oxygens (including phenoxy) is 3. The van der Waals surface area contributed by atoms with Crippen LogP contribution in [0.15, 0.2) is 66.9 Å². The molecule has 1 N–H and O–H groups in total. The van der Waals surface area contributed by atoms with Crippen LogP contribution < -0.4 is 19.7 Å². The number of aryl methyl sites for hydroxylation is 1. The molecular weight excluding hydrogens is 567 g/mol. The van der Waals surface area contributed by atoms with E-state index in [1.165, 1.54) is 0 Å². The number of rotatable bonds is 9. The van der Waals surface area contributed by atoms with E-state index in [1.54, 1.807) is 20.4 Å².